The number of nitrogens with zero attached hydrogens (tertiary/aromatic N) is 1. The van der Waals surface area contributed by atoms with E-state index in [2.05, 4.69) is 10.3 Å². The summed E-state index contributed by atoms with van der Waals surface area (Å²) < 4.78 is 12.9. The fraction of sp³-hybridized carbons (Fsp3) is 0.214. The van der Waals surface area contributed by atoms with Crippen molar-refractivity contribution >= 4 is 17.4 Å². The smallest absolute Gasteiger partial charge is 0.214 e. The van der Waals surface area contributed by atoms with Gasteiger partial charge in [-0.15, -0.1) is 0 Å². The number of hydrogen-bond acceptors (Lipinski definition) is 2. The lowest BCUT2D eigenvalue weighted by Crippen LogP contribution is -2.18. The molecule has 1 aromatic carbocycles. The summed E-state index contributed by atoms with van der Waals surface area (Å²) >= 11 is 5.83. The van der Waals surface area contributed by atoms with Crippen molar-refractivity contribution in [2.75, 3.05) is 5.32 Å². The molecular weight excluding hydrogens is 251 g/mol. The minimum absolute atomic E-state index is 0.167. The highest BCUT2D eigenvalue weighted by Gasteiger charge is 2.05. The van der Waals surface area contributed by atoms with E-state index in [0.717, 1.165) is 11.4 Å². The zero-order chi connectivity index (χ0) is 13.0. The lowest BCUT2D eigenvalue weighted by Gasteiger charge is -2.14. The van der Waals surface area contributed by atoms with Gasteiger partial charge >= 0.3 is 0 Å². The molecule has 0 aliphatic rings. The Morgan fingerprint density at radius 3 is 2.61 bits per heavy atom. The molecule has 2 aromatic rings. The maximum Gasteiger partial charge on any atom is 0.214 e. The van der Waals surface area contributed by atoms with Crippen LogP contribution in [-0.4, -0.2) is 11.0 Å². The molecule has 2 nitrogen and oxygen atoms in total. The first kappa shape index (κ1) is 12.8. The van der Waals surface area contributed by atoms with Gasteiger partial charge in [0.2, 0.25) is 5.95 Å². The monoisotopic (exact) mass is 264 g/mol. The van der Waals surface area contributed by atoms with E-state index in [1.807, 2.05) is 31.2 Å². The van der Waals surface area contributed by atoms with Gasteiger partial charge < -0.3 is 5.32 Å². The maximum atomic E-state index is 12.9. The summed E-state index contributed by atoms with van der Waals surface area (Å²) in [6, 6.07) is 12.6. The molecule has 1 atom stereocenters. The second-order valence-electron chi connectivity index (χ2n) is 4.22. The lowest BCUT2D eigenvalue weighted by molar-refractivity contribution is 0.584. The van der Waals surface area contributed by atoms with Crippen molar-refractivity contribution in [3.05, 3.63) is 59.0 Å². The van der Waals surface area contributed by atoms with Gasteiger partial charge in [0.15, 0.2) is 0 Å². The molecule has 2 rings (SSSR count). The summed E-state index contributed by atoms with van der Waals surface area (Å²) in [6.45, 7) is 2.03. The third kappa shape index (κ3) is 3.70. The van der Waals surface area contributed by atoms with Gasteiger partial charge in [-0.3, -0.25) is 0 Å². The predicted molar refractivity (Wildman–Crippen MR) is 72.4 cm³/mol. The van der Waals surface area contributed by atoms with Crippen molar-refractivity contribution in [3.8, 4) is 0 Å². The quantitative estimate of drug-likeness (QED) is 0.847. The molecule has 1 N–H and O–H groups in total. The van der Waals surface area contributed by atoms with Crippen molar-refractivity contribution in [2.45, 2.75) is 19.4 Å². The van der Waals surface area contributed by atoms with E-state index in [-0.39, 0.29) is 6.04 Å². The Hall–Kier alpha value is -1.61. The van der Waals surface area contributed by atoms with Gasteiger partial charge in [0, 0.05) is 11.1 Å². The molecule has 1 unspecified atom stereocenters. The third-order valence-electron chi connectivity index (χ3n) is 2.56. The zero-order valence-electron chi connectivity index (χ0n) is 10.0. The van der Waals surface area contributed by atoms with Crippen molar-refractivity contribution in [1.29, 1.82) is 0 Å². The average molecular weight is 265 g/mol. The molecule has 0 saturated carbocycles. The van der Waals surface area contributed by atoms with Crippen LogP contribution in [0.2, 0.25) is 5.02 Å². The Morgan fingerprint density at radius 1 is 1.22 bits per heavy atom. The maximum absolute atomic E-state index is 12.9. The first-order chi connectivity index (χ1) is 8.63. The number of aromatic nitrogens is 1. The minimum Gasteiger partial charge on any atom is -0.367 e. The number of halogens is 2. The SMILES string of the molecule is CC(Cc1ccc(Cl)cc1)Nc1cccc(F)n1. The van der Waals surface area contributed by atoms with Gasteiger partial charge in [0.1, 0.15) is 5.82 Å². The number of nitrogens with one attached hydrogen (secondary N) is 1. The van der Waals surface area contributed by atoms with Gasteiger partial charge in [0.25, 0.3) is 0 Å². The van der Waals surface area contributed by atoms with E-state index in [9.17, 15) is 4.39 Å². The summed E-state index contributed by atoms with van der Waals surface area (Å²) in [5.41, 5.74) is 1.18. The Bertz CT molecular complexity index is 513. The van der Waals surface area contributed by atoms with Gasteiger partial charge in [-0.05, 0) is 43.2 Å². The normalized spacial score (nSPS) is 12.2. The Labute approximate surface area is 111 Å². The molecule has 1 heterocycles. The molecule has 0 bridgehead atoms. The largest absolute Gasteiger partial charge is 0.367 e. The first-order valence-corrected chi connectivity index (χ1v) is 6.15. The molecular formula is C14H14ClFN2. The number of hydrogen-bond donors (Lipinski definition) is 1. The molecule has 0 aliphatic heterocycles. The van der Waals surface area contributed by atoms with Crippen LogP contribution in [0.5, 0.6) is 0 Å². The van der Waals surface area contributed by atoms with Crippen LogP contribution in [-0.2, 0) is 6.42 Å². The highest BCUT2D eigenvalue weighted by Crippen LogP contribution is 2.13. The zero-order valence-corrected chi connectivity index (χ0v) is 10.8. The lowest BCUT2D eigenvalue weighted by atomic mass is 10.1. The van der Waals surface area contributed by atoms with E-state index in [1.54, 1.807) is 12.1 Å². The third-order valence-corrected chi connectivity index (χ3v) is 2.82. The highest BCUT2D eigenvalue weighted by atomic mass is 35.5. The molecule has 0 aliphatic carbocycles. The molecule has 0 fully saturated rings. The summed E-state index contributed by atoms with van der Waals surface area (Å²) in [5.74, 6) is 0.0788. The van der Waals surface area contributed by atoms with Crippen molar-refractivity contribution in [1.82, 2.24) is 4.98 Å². The number of pyridine rings is 1. The van der Waals surface area contributed by atoms with Crippen LogP contribution in [0.15, 0.2) is 42.5 Å². The van der Waals surface area contributed by atoms with E-state index in [1.165, 1.54) is 11.6 Å². The van der Waals surface area contributed by atoms with Crippen LogP contribution in [0.25, 0.3) is 0 Å². The van der Waals surface area contributed by atoms with Crippen molar-refractivity contribution in [3.63, 3.8) is 0 Å². The molecule has 18 heavy (non-hydrogen) atoms. The van der Waals surface area contributed by atoms with Crippen molar-refractivity contribution < 1.29 is 4.39 Å². The highest BCUT2D eigenvalue weighted by molar-refractivity contribution is 6.30. The molecule has 1 aromatic heterocycles. The van der Waals surface area contributed by atoms with E-state index in [4.69, 9.17) is 11.6 Å². The fourth-order valence-corrected chi connectivity index (χ4v) is 1.89. The van der Waals surface area contributed by atoms with Crippen LogP contribution in [0.3, 0.4) is 0 Å². The second-order valence-corrected chi connectivity index (χ2v) is 4.66. The Kier molecular flexibility index (Phi) is 4.15. The predicted octanol–water partition coefficient (Wildman–Crippen LogP) is 3.92. The van der Waals surface area contributed by atoms with Crippen LogP contribution in [0, 0.1) is 5.95 Å². The minimum atomic E-state index is -0.473. The Balaban J connectivity index is 1.96. The van der Waals surface area contributed by atoms with Gasteiger partial charge in [-0.1, -0.05) is 29.8 Å². The van der Waals surface area contributed by atoms with E-state index >= 15 is 0 Å². The van der Waals surface area contributed by atoms with Crippen LogP contribution < -0.4 is 5.32 Å². The Morgan fingerprint density at radius 2 is 1.94 bits per heavy atom. The van der Waals surface area contributed by atoms with Crippen molar-refractivity contribution in [2.24, 2.45) is 0 Å². The number of anilines is 1. The first-order valence-electron chi connectivity index (χ1n) is 5.77. The molecule has 0 spiro atoms. The molecule has 0 saturated heterocycles. The molecule has 4 heteroatoms. The van der Waals surface area contributed by atoms with Gasteiger partial charge in [0.05, 0.1) is 0 Å². The topological polar surface area (TPSA) is 24.9 Å². The summed E-state index contributed by atoms with van der Waals surface area (Å²) in [7, 11) is 0. The number of benzene rings is 1. The second kappa shape index (κ2) is 5.83. The molecule has 0 amide bonds. The van der Waals surface area contributed by atoms with Gasteiger partial charge in [-0.25, -0.2) is 4.98 Å². The summed E-state index contributed by atoms with van der Waals surface area (Å²) in [5, 5.41) is 3.89. The van der Waals surface area contributed by atoms with Crippen LogP contribution in [0.1, 0.15) is 12.5 Å². The molecule has 94 valence electrons. The van der Waals surface area contributed by atoms with Crippen LogP contribution >= 0.6 is 11.6 Å². The number of rotatable bonds is 4. The van der Waals surface area contributed by atoms with E-state index < -0.39 is 5.95 Å². The fourth-order valence-electron chi connectivity index (χ4n) is 1.77. The standard InChI is InChI=1S/C14H14ClFN2/c1-10(9-11-5-7-12(15)8-6-11)17-14-4-2-3-13(16)18-14/h2-8,10H,9H2,1H3,(H,17,18). The summed E-state index contributed by atoms with van der Waals surface area (Å²) in [6.07, 6.45) is 0.829. The van der Waals surface area contributed by atoms with E-state index in [0.29, 0.717) is 5.82 Å². The summed E-state index contributed by atoms with van der Waals surface area (Å²) in [4.78, 5) is 3.77. The molecule has 0 radical (unpaired) electrons. The van der Waals surface area contributed by atoms with Gasteiger partial charge in [-0.2, -0.15) is 4.39 Å². The average Bonchev–Trinajstić information content (AvgIpc) is 2.32. The van der Waals surface area contributed by atoms with Crippen LogP contribution in [0.4, 0.5) is 10.2 Å².